The van der Waals surface area contributed by atoms with Crippen molar-refractivity contribution >= 4 is 39.1 Å². The van der Waals surface area contributed by atoms with Crippen molar-refractivity contribution in [2.75, 3.05) is 63.8 Å². The second-order valence-corrected chi connectivity index (χ2v) is 19.0. The predicted molar refractivity (Wildman–Crippen MR) is 210 cm³/mol. The average molecular weight is 768 g/mol. The third kappa shape index (κ3) is 8.84. The smallest absolute Gasteiger partial charge is 0.264 e. The third-order valence-electron chi connectivity index (χ3n) is 13.2. The van der Waals surface area contributed by atoms with Gasteiger partial charge in [-0.3, -0.25) is 14.5 Å². The average Bonchev–Trinajstić information content (AvgIpc) is 3.15. The fraction of sp³-hybridized carbons (Fsp3) is 0.659. The van der Waals surface area contributed by atoms with E-state index in [0.717, 1.165) is 114 Å². The predicted octanol–water partition coefficient (Wildman–Crippen LogP) is 5.82. The highest BCUT2D eigenvalue weighted by atomic mass is 35.5. The molecular weight excluding hydrogens is 710 g/mol. The number of ether oxygens (including phenoxy) is 1. The van der Waals surface area contributed by atoms with Crippen molar-refractivity contribution in [1.82, 2.24) is 19.4 Å². The Labute approximate surface area is 321 Å². The first-order chi connectivity index (χ1) is 25.4. The van der Waals surface area contributed by atoms with Gasteiger partial charge in [0.25, 0.3) is 5.91 Å². The number of halogens is 1. The highest BCUT2D eigenvalue weighted by Crippen LogP contribution is 2.45. The number of piperazine rings is 2. The van der Waals surface area contributed by atoms with Gasteiger partial charge in [-0.25, -0.2) is 13.1 Å². The van der Waals surface area contributed by atoms with Crippen LogP contribution in [0.4, 0.5) is 5.69 Å². The van der Waals surface area contributed by atoms with E-state index in [1.54, 1.807) is 19.9 Å². The van der Waals surface area contributed by atoms with E-state index in [-0.39, 0.29) is 11.8 Å². The molecule has 290 valence electrons. The molecule has 2 saturated heterocycles. The van der Waals surface area contributed by atoms with E-state index < -0.39 is 21.2 Å². The van der Waals surface area contributed by atoms with Gasteiger partial charge in [-0.2, -0.15) is 0 Å². The van der Waals surface area contributed by atoms with E-state index in [2.05, 4.69) is 19.4 Å². The summed E-state index contributed by atoms with van der Waals surface area (Å²) < 4.78 is 36.1. The van der Waals surface area contributed by atoms with E-state index in [0.29, 0.717) is 41.7 Å². The van der Waals surface area contributed by atoms with Crippen LogP contribution in [0.2, 0.25) is 5.02 Å². The van der Waals surface area contributed by atoms with E-state index >= 15 is 0 Å². The summed E-state index contributed by atoms with van der Waals surface area (Å²) in [7, 11) is -3.90. The van der Waals surface area contributed by atoms with E-state index in [1.807, 2.05) is 42.2 Å². The molecule has 53 heavy (non-hydrogen) atoms. The van der Waals surface area contributed by atoms with Gasteiger partial charge < -0.3 is 19.4 Å². The van der Waals surface area contributed by atoms with E-state index in [1.165, 1.54) is 18.4 Å². The number of rotatable bonds is 2. The van der Waals surface area contributed by atoms with Crippen LogP contribution in [0.5, 0.6) is 5.75 Å². The number of carbonyl (C=O) groups is 2. The monoisotopic (exact) mass is 767 g/mol. The molecule has 2 aromatic carbocycles. The number of carbonyl (C=O) groups excluding carboxylic acids is 2. The molecule has 0 aromatic heterocycles. The molecule has 5 aliphatic rings. The largest absolute Gasteiger partial charge is 0.487 e. The van der Waals surface area contributed by atoms with Crippen LogP contribution in [-0.2, 0) is 27.8 Å². The summed E-state index contributed by atoms with van der Waals surface area (Å²) in [6.07, 6.45) is 8.06. The molecule has 0 unspecified atom stereocenters. The molecule has 12 heteroatoms. The van der Waals surface area contributed by atoms with Crippen molar-refractivity contribution in [3.05, 3.63) is 58.1 Å². The number of benzene rings is 2. The fourth-order valence-corrected chi connectivity index (χ4v) is 11.1. The first-order valence-corrected chi connectivity index (χ1v) is 21.9. The lowest BCUT2D eigenvalue weighted by molar-refractivity contribution is -0.133. The lowest BCUT2D eigenvalue weighted by atomic mass is 9.65. The topological polar surface area (TPSA) is 102 Å². The van der Waals surface area contributed by atoms with Gasteiger partial charge in [0.1, 0.15) is 12.4 Å². The van der Waals surface area contributed by atoms with Crippen LogP contribution in [0.1, 0.15) is 87.2 Å². The quantitative estimate of drug-likeness (QED) is 0.408. The number of aryl methyl sites for hydroxylation is 1. The molecule has 1 aliphatic carbocycles. The summed E-state index contributed by atoms with van der Waals surface area (Å²) in [6, 6.07) is 11.7. The van der Waals surface area contributed by atoms with Crippen LogP contribution in [0, 0.1) is 23.7 Å². The Hall–Kier alpha value is -2.86. The van der Waals surface area contributed by atoms with Gasteiger partial charge >= 0.3 is 0 Å². The van der Waals surface area contributed by atoms with Crippen molar-refractivity contribution in [1.29, 1.82) is 0 Å². The molecule has 1 saturated carbocycles. The molecule has 4 heterocycles. The summed E-state index contributed by atoms with van der Waals surface area (Å²) >= 11 is 6.41. The van der Waals surface area contributed by atoms with Crippen LogP contribution in [0.3, 0.4) is 0 Å². The van der Waals surface area contributed by atoms with E-state index in [9.17, 15) is 18.0 Å². The number of sulfonamides is 1. The normalized spacial score (nSPS) is 30.3. The molecule has 10 nitrogen and oxygen atoms in total. The molecule has 7 rings (SSSR count). The van der Waals surface area contributed by atoms with Crippen LogP contribution >= 0.6 is 11.6 Å². The van der Waals surface area contributed by atoms with Crippen molar-refractivity contribution in [2.24, 2.45) is 23.7 Å². The number of anilines is 1. The minimum absolute atomic E-state index is 0.0940. The standard InChI is InChI=1S/C41H58ClN5O5S/c1-28-7-6-9-33(23-44-17-18-45-19-20-46(30(3)48)26-37(45)25-44)38-14-11-34(38)24-47-16-5-4-8-31-21-36(42)13-10-35(31)27-52-40-15-12-32(22-39(40)47)41(49)43-53(50,51)29(28)2/h10,12-13,15,21-22,28-29,33-34,37-38H,4-9,11,14,16-20,23-27H2,1-3H3,(H,43,49)/t28-,29+,33-,34-,37+,38-/m0/s1. The SMILES string of the molecule is CC(=O)N1CCN2CCN(C[C@@H]3CCC[C@H](C)[C@@H](C)S(=O)(=O)NC(=O)c4ccc5c(c4)N(CCCCc4cc(Cl)ccc4CO5)C[C@@H]4CC[C@@H]34)C[C@@H]2C1. The van der Waals surface area contributed by atoms with Crippen LogP contribution in [-0.4, -0.2) is 105 Å². The summed E-state index contributed by atoms with van der Waals surface area (Å²) in [6.45, 7) is 14.2. The highest BCUT2D eigenvalue weighted by molar-refractivity contribution is 7.90. The zero-order chi connectivity index (χ0) is 37.3. The van der Waals surface area contributed by atoms with Crippen LogP contribution < -0.4 is 14.4 Å². The number of hydrogen-bond donors (Lipinski definition) is 1. The maximum Gasteiger partial charge on any atom is 0.264 e. The Bertz CT molecular complexity index is 1760. The number of hydrogen-bond acceptors (Lipinski definition) is 8. The third-order valence-corrected chi connectivity index (χ3v) is 15.4. The first kappa shape index (κ1) is 38.4. The molecule has 6 atom stereocenters. The lowest BCUT2D eigenvalue weighted by Gasteiger charge is -2.50. The highest BCUT2D eigenvalue weighted by Gasteiger charge is 2.41. The Kier molecular flexibility index (Phi) is 11.9. The zero-order valence-corrected chi connectivity index (χ0v) is 33.3. The second-order valence-electron chi connectivity index (χ2n) is 16.6. The maximum atomic E-state index is 13.6. The fourth-order valence-electron chi connectivity index (χ4n) is 9.57. The van der Waals surface area contributed by atoms with Crippen molar-refractivity contribution in [3.8, 4) is 5.75 Å². The van der Waals surface area contributed by atoms with Crippen LogP contribution in [0.25, 0.3) is 0 Å². The van der Waals surface area contributed by atoms with Gasteiger partial charge in [-0.1, -0.05) is 31.0 Å². The molecular formula is C41H58ClN5O5S. The lowest BCUT2D eigenvalue weighted by Crippen LogP contribution is -2.63. The van der Waals surface area contributed by atoms with Crippen LogP contribution in [0.15, 0.2) is 36.4 Å². The van der Waals surface area contributed by atoms with Crippen molar-refractivity contribution in [3.63, 3.8) is 0 Å². The summed E-state index contributed by atoms with van der Waals surface area (Å²) in [5.41, 5.74) is 3.48. The Balaban J connectivity index is 1.18. The summed E-state index contributed by atoms with van der Waals surface area (Å²) in [5.74, 6) is 1.76. The minimum atomic E-state index is -3.90. The first-order valence-electron chi connectivity index (χ1n) is 20.0. The molecule has 0 radical (unpaired) electrons. The van der Waals surface area contributed by atoms with Crippen molar-refractivity contribution < 1.29 is 22.7 Å². The second kappa shape index (κ2) is 16.5. The number of nitrogens with zero attached hydrogens (tertiary/aromatic N) is 4. The van der Waals surface area contributed by atoms with Gasteiger partial charge in [0.2, 0.25) is 15.9 Å². The summed E-state index contributed by atoms with van der Waals surface area (Å²) in [5, 5.41) is 0.0229. The number of nitrogens with one attached hydrogen (secondary N) is 1. The molecule has 2 amide bonds. The van der Waals surface area contributed by atoms with Gasteiger partial charge in [0, 0.05) is 82.5 Å². The molecule has 4 aliphatic heterocycles. The Morgan fingerprint density at radius 2 is 1.74 bits per heavy atom. The molecule has 2 aromatic rings. The van der Waals surface area contributed by atoms with Crippen molar-refractivity contribution in [2.45, 2.75) is 90.0 Å². The number of fused-ring (bicyclic) bond motifs is 4. The van der Waals surface area contributed by atoms with E-state index in [4.69, 9.17) is 16.3 Å². The minimum Gasteiger partial charge on any atom is -0.487 e. The van der Waals surface area contributed by atoms with Gasteiger partial charge in [-0.15, -0.1) is 0 Å². The summed E-state index contributed by atoms with van der Waals surface area (Å²) in [4.78, 5) is 35.5. The Morgan fingerprint density at radius 1 is 0.906 bits per heavy atom. The maximum absolute atomic E-state index is 13.6. The molecule has 0 spiro atoms. The molecule has 3 fully saturated rings. The molecule has 1 N–H and O–H groups in total. The van der Waals surface area contributed by atoms with Gasteiger partial charge in [0.15, 0.2) is 0 Å². The van der Waals surface area contributed by atoms with Gasteiger partial charge in [-0.05, 0) is 117 Å². The Morgan fingerprint density at radius 3 is 2.53 bits per heavy atom. The van der Waals surface area contributed by atoms with Gasteiger partial charge in [0.05, 0.1) is 10.9 Å². The zero-order valence-electron chi connectivity index (χ0n) is 31.8. The molecule has 2 bridgehead atoms. The number of amides is 2.